The molecular weight excluding hydrogens is 410 g/mol. The summed E-state index contributed by atoms with van der Waals surface area (Å²) in [6, 6.07) is 9.26. The summed E-state index contributed by atoms with van der Waals surface area (Å²) in [4.78, 5) is 23.2. The van der Waals surface area contributed by atoms with Gasteiger partial charge < -0.3 is 9.15 Å². The lowest BCUT2D eigenvalue weighted by Crippen LogP contribution is -2.13. The molecule has 11 heteroatoms. The number of nitrogens with zero attached hydrogens (tertiary/aromatic N) is 4. The van der Waals surface area contributed by atoms with E-state index in [4.69, 9.17) is 9.15 Å². The topological polar surface area (TPSA) is 144 Å². The highest BCUT2D eigenvalue weighted by atomic mass is 32.1. The third kappa shape index (κ3) is 4.68. The first kappa shape index (κ1) is 20.7. The minimum Gasteiger partial charge on any atom is -0.494 e. The molecule has 3 rings (SSSR count). The Balaban J connectivity index is 1.87. The van der Waals surface area contributed by atoms with E-state index in [9.17, 15) is 20.2 Å². The maximum atomic E-state index is 12.3. The quantitative estimate of drug-likeness (QED) is 0.259. The molecule has 0 bridgehead atoms. The molecule has 0 aliphatic carbocycles. The lowest BCUT2D eigenvalue weighted by atomic mass is 10.1. The number of hydrogen-bond donors (Lipinski definition) is 1. The van der Waals surface area contributed by atoms with Crippen molar-refractivity contribution in [3.8, 4) is 23.1 Å². The molecule has 2 aromatic heterocycles. The summed E-state index contributed by atoms with van der Waals surface area (Å²) in [5.41, 5.74) is -0.156. The van der Waals surface area contributed by atoms with Crippen molar-refractivity contribution in [2.45, 2.75) is 13.8 Å². The Bertz CT molecular complexity index is 1170. The number of hydrogen-bond acceptors (Lipinski definition) is 9. The normalized spacial score (nSPS) is 11.0. The molecule has 0 spiro atoms. The number of nitrogens with one attached hydrogen (secondary N) is 1. The standard InChI is InChI=1S/C19H15N5O5S/c1-3-28-13-4-6-15(16(9-13)24(26)27)17-7-5-14(29-17)8-12(10-20)18(25)21-19-23-22-11(2)30-19/h4-9H,3H2,1-2H3,(H,21,23,25). The largest absolute Gasteiger partial charge is 0.494 e. The highest BCUT2D eigenvalue weighted by molar-refractivity contribution is 7.15. The highest BCUT2D eigenvalue weighted by Gasteiger charge is 2.20. The number of amides is 1. The van der Waals surface area contributed by atoms with Gasteiger partial charge in [-0.25, -0.2) is 0 Å². The molecule has 10 nitrogen and oxygen atoms in total. The predicted octanol–water partition coefficient (Wildman–Crippen LogP) is 3.96. The van der Waals surface area contributed by atoms with Crippen molar-refractivity contribution < 1.29 is 18.9 Å². The van der Waals surface area contributed by atoms with Crippen LogP contribution in [0.1, 0.15) is 17.7 Å². The van der Waals surface area contributed by atoms with Gasteiger partial charge in [0.1, 0.15) is 33.9 Å². The average molecular weight is 425 g/mol. The second-order valence-electron chi connectivity index (χ2n) is 5.82. The number of nitro benzene ring substituents is 1. The van der Waals surface area contributed by atoms with Crippen molar-refractivity contribution >= 4 is 34.1 Å². The zero-order chi connectivity index (χ0) is 21.7. The number of carbonyl (C=O) groups excluding carboxylic acids is 1. The first-order chi connectivity index (χ1) is 14.4. The summed E-state index contributed by atoms with van der Waals surface area (Å²) in [6.45, 7) is 3.89. The van der Waals surface area contributed by atoms with Crippen molar-refractivity contribution in [1.82, 2.24) is 10.2 Å². The van der Waals surface area contributed by atoms with Crippen LogP contribution in [-0.2, 0) is 4.79 Å². The molecule has 0 aliphatic rings. The summed E-state index contributed by atoms with van der Waals surface area (Å²) in [5.74, 6) is 0.107. The third-order valence-corrected chi connectivity index (χ3v) is 4.52. The molecule has 1 N–H and O–H groups in total. The molecule has 152 valence electrons. The molecule has 30 heavy (non-hydrogen) atoms. The van der Waals surface area contributed by atoms with E-state index >= 15 is 0 Å². The summed E-state index contributed by atoms with van der Waals surface area (Å²) in [6.07, 6.45) is 1.24. The lowest BCUT2D eigenvalue weighted by molar-refractivity contribution is -0.384. The molecule has 0 saturated carbocycles. The number of nitro groups is 1. The van der Waals surface area contributed by atoms with Crippen LogP contribution in [0.15, 0.2) is 40.3 Å². The molecule has 2 heterocycles. The monoisotopic (exact) mass is 425 g/mol. The van der Waals surface area contributed by atoms with Crippen molar-refractivity contribution in [2.75, 3.05) is 11.9 Å². The van der Waals surface area contributed by atoms with Crippen LogP contribution in [0, 0.1) is 28.4 Å². The zero-order valence-electron chi connectivity index (χ0n) is 15.9. The minimum atomic E-state index is -0.668. The predicted molar refractivity (Wildman–Crippen MR) is 109 cm³/mol. The highest BCUT2D eigenvalue weighted by Crippen LogP contribution is 2.34. The maximum Gasteiger partial charge on any atom is 0.284 e. The second-order valence-corrected chi connectivity index (χ2v) is 7.00. The number of nitriles is 1. The number of ether oxygens (including phenoxy) is 1. The van der Waals surface area contributed by atoms with Gasteiger partial charge in [-0.1, -0.05) is 11.3 Å². The summed E-state index contributed by atoms with van der Waals surface area (Å²) >= 11 is 1.17. The van der Waals surface area contributed by atoms with Gasteiger partial charge in [0.05, 0.1) is 23.2 Å². The lowest BCUT2D eigenvalue weighted by Gasteiger charge is -2.05. The van der Waals surface area contributed by atoms with Crippen molar-refractivity contribution in [1.29, 1.82) is 5.26 Å². The van der Waals surface area contributed by atoms with Gasteiger partial charge in [-0.2, -0.15) is 5.26 Å². The van der Waals surface area contributed by atoms with E-state index in [1.165, 1.54) is 41.7 Å². The van der Waals surface area contributed by atoms with E-state index in [1.807, 2.05) is 0 Å². The first-order valence-corrected chi connectivity index (χ1v) is 9.47. The Morgan fingerprint density at radius 3 is 2.83 bits per heavy atom. The Hall–Kier alpha value is -4.04. The molecule has 0 radical (unpaired) electrons. The molecule has 0 fully saturated rings. The van der Waals surface area contributed by atoms with Crippen LogP contribution in [0.2, 0.25) is 0 Å². The summed E-state index contributed by atoms with van der Waals surface area (Å²) < 4.78 is 10.9. The maximum absolute atomic E-state index is 12.3. The number of aromatic nitrogens is 2. The van der Waals surface area contributed by atoms with E-state index in [0.717, 1.165) is 0 Å². The van der Waals surface area contributed by atoms with Crippen molar-refractivity contribution in [2.24, 2.45) is 0 Å². The van der Waals surface area contributed by atoms with Crippen LogP contribution in [0.3, 0.4) is 0 Å². The fraction of sp³-hybridized carbons (Fsp3) is 0.158. The molecule has 0 saturated heterocycles. The van der Waals surface area contributed by atoms with Gasteiger partial charge in [0.25, 0.3) is 11.6 Å². The Morgan fingerprint density at radius 1 is 1.40 bits per heavy atom. The second kappa shape index (κ2) is 8.97. The fourth-order valence-corrected chi connectivity index (χ4v) is 3.09. The van der Waals surface area contributed by atoms with Crippen molar-refractivity contribution in [3.63, 3.8) is 0 Å². The number of benzene rings is 1. The first-order valence-electron chi connectivity index (χ1n) is 8.66. The van der Waals surface area contributed by atoms with E-state index in [1.54, 1.807) is 26.0 Å². The van der Waals surface area contributed by atoms with Gasteiger partial charge >= 0.3 is 0 Å². The Morgan fingerprint density at radius 2 is 2.20 bits per heavy atom. The van der Waals surface area contributed by atoms with Gasteiger partial charge in [-0.05, 0) is 38.1 Å². The van der Waals surface area contributed by atoms with Gasteiger partial charge in [-0.3, -0.25) is 20.2 Å². The summed E-state index contributed by atoms with van der Waals surface area (Å²) in [7, 11) is 0. The van der Waals surface area contributed by atoms with Gasteiger partial charge in [0, 0.05) is 6.08 Å². The smallest absolute Gasteiger partial charge is 0.284 e. The molecule has 3 aromatic rings. The van der Waals surface area contributed by atoms with Gasteiger partial charge in [0.2, 0.25) is 5.13 Å². The van der Waals surface area contributed by atoms with Crippen LogP contribution >= 0.6 is 11.3 Å². The Kier molecular flexibility index (Phi) is 6.19. The minimum absolute atomic E-state index is 0.185. The molecule has 0 aliphatic heterocycles. The van der Waals surface area contributed by atoms with Gasteiger partial charge in [-0.15, -0.1) is 10.2 Å². The van der Waals surface area contributed by atoms with E-state index < -0.39 is 10.8 Å². The molecule has 1 amide bonds. The molecule has 0 atom stereocenters. The van der Waals surface area contributed by atoms with E-state index in [0.29, 0.717) is 17.4 Å². The zero-order valence-corrected chi connectivity index (χ0v) is 16.7. The number of aryl methyl sites for hydroxylation is 1. The van der Waals surface area contributed by atoms with Gasteiger partial charge in [0.15, 0.2) is 0 Å². The average Bonchev–Trinajstić information content (AvgIpc) is 3.35. The number of anilines is 1. The van der Waals surface area contributed by atoms with Crippen LogP contribution in [0.25, 0.3) is 17.4 Å². The van der Waals surface area contributed by atoms with Crippen LogP contribution in [-0.4, -0.2) is 27.6 Å². The van der Waals surface area contributed by atoms with Crippen LogP contribution < -0.4 is 10.1 Å². The molecule has 0 unspecified atom stereocenters. The third-order valence-electron chi connectivity index (χ3n) is 3.77. The SMILES string of the molecule is CCOc1ccc(-c2ccc(C=C(C#N)C(=O)Nc3nnc(C)s3)o2)c([N+](=O)[O-])c1. The molecule has 1 aromatic carbocycles. The number of furan rings is 1. The number of carbonyl (C=O) groups is 1. The Labute approximate surface area is 174 Å². The fourth-order valence-electron chi connectivity index (χ4n) is 2.50. The van der Waals surface area contributed by atoms with Crippen LogP contribution in [0.5, 0.6) is 5.75 Å². The van der Waals surface area contributed by atoms with Crippen LogP contribution in [0.4, 0.5) is 10.8 Å². The molecular formula is C19H15N5O5S. The van der Waals surface area contributed by atoms with E-state index in [2.05, 4.69) is 15.5 Å². The van der Waals surface area contributed by atoms with E-state index in [-0.39, 0.29) is 33.5 Å². The summed E-state index contributed by atoms with van der Waals surface area (Å²) in [5, 5.41) is 31.7. The number of rotatable bonds is 7. The van der Waals surface area contributed by atoms with Crippen molar-refractivity contribution in [3.05, 3.63) is 56.8 Å².